The summed E-state index contributed by atoms with van der Waals surface area (Å²) in [5.41, 5.74) is 13.0. The maximum absolute atomic E-state index is 12.4. The number of fused-ring (bicyclic) bond motifs is 14. The maximum Gasteiger partial charge on any atom is 0.220 e. The van der Waals surface area contributed by atoms with E-state index < -0.39 is 18.1 Å². The second-order valence-corrected chi connectivity index (χ2v) is 22.1. The third-order valence-electron chi connectivity index (χ3n) is 15.9. The van der Waals surface area contributed by atoms with E-state index >= 15 is 0 Å². The SMILES string of the molecule is [2H]c1c([2H])c([2H])c(-c2cccc3sc4c(ccc5c6ccc7c8ccccc8sc7c6n(-c6c(C#N)c(-c7ccccc7)c([N+]#[C-])c(-n7c8ccccc8c8cc(-c9ccccc9)c(-c9ccccc9)cc87)c6-c6ccccc6)c54)c23)c([2H])c1[2H]. The largest absolute Gasteiger partial charge is 0.318 e. The van der Waals surface area contributed by atoms with Crippen molar-refractivity contribution in [3.63, 3.8) is 0 Å². The molecule has 0 saturated carbocycles. The number of thiophene rings is 2. The molecule has 0 unspecified atom stereocenters. The number of benzene rings is 12. The van der Waals surface area contributed by atoms with Gasteiger partial charge in [0, 0.05) is 63.6 Å². The van der Waals surface area contributed by atoms with Gasteiger partial charge in [-0.15, -0.1) is 22.7 Å². The van der Waals surface area contributed by atoms with Crippen molar-refractivity contribution >= 4 is 112 Å². The molecule has 0 aliphatic carbocycles. The molecule has 0 radical (unpaired) electrons. The van der Waals surface area contributed by atoms with E-state index in [0.717, 1.165) is 112 Å². The van der Waals surface area contributed by atoms with Gasteiger partial charge in [0.25, 0.3) is 0 Å². The average molecular weight is 1060 g/mol. The standard InChI is InChI=1S/C74H42N4S2/c1-76-68-65(48-28-13-5-14-29-48)60(44-75)69(66(49-30-15-6-16-31-49)72(68)77-61-35-19-17-32-51(61)59-42-57(46-24-9-3-10-25-46)58(43-62(59)77)47-26-11-4-12-27-47)78-70-53(38-40-55-52-33-18-20-36-63(52)79-73(55)70)54-39-41-56-67-50(45-22-7-2-8-23-45)34-21-37-64(67)80-74(56)71(54)78/h2-43H/i2D,7D,8D,22D,23D. The van der Waals surface area contributed by atoms with Gasteiger partial charge in [0.2, 0.25) is 5.69 Å². The average Bonchev–Trinajstić information content (AvgIpc) is 1.63. The Hall–Kier alpha value is -10.3. The Kier molecular flexibility index (Phi) is 9.26. The summed E-state index contributed by atoms with van der Waals surface area (Å²) in [6.45, 7) is 9.59. The van der Waals surface area contributed by atoms with Crippen LogP contribution in [0.15, 0.2) is 255 Å². The van der Waals surface area contributed by atoms with Crippen molar-refractivity contribution in [2.45, 2.75) is 0 Å². The number of nitriles is 1. The smallest absolute Gasteiger partial charge is 0.220 e. The summed E-state index contributed by atoms with van der Waals surface area (Å²) in [5.74, 6) is 0. The number of nitrogens with zero attached hydrogens (tertiary/aromatic N) is 4. The molecule has 16 rings (SSSR count). The summed E-state index contributed by atoms with van der Waals surface area (Å²) in [6.07, 6.45) is 0. The molecule has 12 aromatic carbocycles. The minimum Gasteiger partial charge on any atom is -0.318 e. The van der Waals surface area contributed by atoms with Crippen molar-refractivity contribution < 1.29 is 6.85 Å². The summed E-state index contributed by atoms with van der Waals surface area (Å²) in [6, 6.07) is 77.9. The molecule has 0 atom stereocenters. The minimum absolute atomic E-state index is 0.131. The topological polar surface area (TPSA) is 38.0 Å². The number of aromatic nitrogens is 2. The van der Waals surface area contributed by atoms with Crippen LogP contribution in [-0.2, 0) is 0 Å². The highest BCUT2D eigenvalue weighted by molar-refractivity contribution is 7.27. The summed E-state index contributed by atoms with van der Waals surface area (Å²) < 4.78 is 52.9. The molecule has 80 heavy (non-hydrogen) atoms. The second-order valence-electron chi connectivity index (χ2n) is 20.0. The van der Waals surface area contributed by atoms with Gasteiger partial charge >= 0.3 is 0 Å². The van der Waals surface area contributed by atoms with Crippen molar-refractivity contribution in [3.8, 4) is 73.1 Å². The number of hydrogen-bond donors (Lipinski definition) is 0. The van der Waals surface area contributed by atoms with Crippen LogP contribution in [0.1, 0.15) is 12.4 Å². The van der Waals surface area contributed by atoms with E-state index in [4.69, 9.17) is 4.11 Å². The van der Waals surface area contributed by atoms with Crippen LogP contribution in [0.4, 0.5) is 5.69 Å². The molecule has 4 nitrogen and oxygen atoms in total. The van der Waals surface area contributed by atoms with Crippen LogP contribution in [0.5, 0.6) is 0 Å². The lowest BCUT2D eigenvalue weighted by Gasteiger charge is -2.26. The molecule has 0 fully saturated rings. The predicted molar refractivity (Wildman–Crippen MR) is 339 cm³/mol. The van der Waals surface area contributed by atoms with E-state index in [0.29, 0.717) is 44.9 Å². The van der Waals surface area contributed by atoms with Crippen LogP contribution < -0.4 is 0 Å². The molecule has 16 aromatic rings. The molecule has 0 amide bonds. The number of hydrogen-bond acceptors (Lipinski definition) is 3. The summed E-state index contributed by atoms with van der Waals surface area (Å²) in [4.78, 5) is 4.64. The predicted octanol–water partition coefficient (Wildman–Crippen LogP) is 21.4. The van der Waals surface area contributed by atoms with Gasteiger partial charge in [0.05, 0.1) is 61.8 Å². The zero-order valence-electron chi connectivity index (χ0n) is 47.5. The van der Waals surface area contributed by atoms with Crippen LogP contribution in [0.3, 0.4) is 0 Å². The van der Waals surface area contributed by atoms with Gasteiger partial charge in [-0.2, -0.15) is 5.26 Å². The summed E-state index contributed by atoms with van der Waals surface area (Å²) in [7, 11) is 0. The first-order chi connectivity index (χ1) is 41.7. The van der Waals surface area contributed by atoms with E-state index in [9.17, 15) is 14.6 Å². The zero-order valence-corrected chi connectivity index (χ0v) is 44.1. The first-order valence-electron chi connectivity index (χ1n) is 28.8. The molecule has 0 bridgehead atoms. The number of rotatable bonds is 7. The van der Waals surface area contributed by atoms with Crippen molar-refractivity contribution in [2.75, 3.05) is 0 Å². The third-order valence-corrected chi connectivity index (χ3v) is 18.2. The monoisotopic (exact) mass is 1060 g/mol. The number of para-hydroxylation sites is 1. The van der Waals surface area contributed by atoms with Crippen LogP contribution in [-0.4, -0.2) is 9.13 Å². The van der Waals surface area contributed by atoms with Crippen LogP contribution >= 0.6 is 22.7 Å². The normalized spacial score (nSPS) is 12.6. The maximum atomic E-state index is 12.4. The lowest BCUT2D eigenvalue weighted by molar-refractivity contribution is 1.14. The fourth-order valence-corrected chi connectivity index (χ4v) is 15.1. The lowest BCUT2D eigenvalue weighted by Crippen LogP contribution is -2.09. The van der Waals surface area contributed by atoms with Crippen molar-refractivity contribution in [3.05, 3.63) is 272 Å². The molecular weight excluding hydrogens is 1010 g/mol. The fourth-order valence-electron chi connectivity index (χ4n) is 12.6. The fraction of sp³-hybridized carbons (Fsp3) is 0. The molecule has 0 aliphatic rings. The Morgan fingerprint density at radius 3 is 1.61 bits per heavy atom. The van der Waals surface area contributed by atoms with Crippen LogP contribution in [0.2, 0.25) is 0 Å². The Balaban J connectivity index is 1.16. The molecule has 0 spiro atoms. The second kappa shape index (κ2) is 18.1. The highest BCUT2D eigenvalue weighted by Crippen LogP contribution is 2.55. The Bertz CT molecular complexity index is 5590. The molecule has 4 heterocycles. The van der Waals surface area contributed by atoms with Gasteiger partial charge in [-0.3, -0.25) is 0 Å². The Morgan fingerprint density at radius 1 is 0.412 bits per heavy atom. The van der Waals surface area contributed by atoms with Gasteiger partial charge in [-0.05, 0) is 74.8 Å². The molecular formula is C74H42N4S2. The van der Waals surface area contributed by atoms with Crippen molar-refractivity contribution in [1.29, 1.82) is 5.26 Å². The zero-order chi connectivity index (χ0) is 57.4. The molecule has 0 N–H and O–H groups in total. The highest BCUT2D eigenvalue weighted by Gasteiger charge is 2.33. The molecule has 0 saturated heterocycles. The van der Waals surface area contributed by atoms with Crippen LogP contribution in [0, 0.1) is 17.9 Å². The molecule has 0 aliphatic heterocycles. The van der Waals surface area contributed by atoms with E-state index in [1.807, 2.05) is 78.9 Å². The van der Waals surface area contributed by atoms with Crippen molar-refractivity contribution in [1.82, 2.24) is 9.13 Å². The van der Waals surface area contributed by atoms with Gasteiger partial charge < -0.3 is 9.13 Å². The first-order valence-corrected chi connectivity index (χ1v) is 28.0. The molecule has 370 valence electrons. The summed E-state index contributed by atoms with van der Waals surface area (Å²) in [5, 5.41) is 20.1. The first kappa shape index (κ1) is 40.9. The summed E-state index contributed by atoms with van der Waals surface area (Å²) >= 11 is 3.29. The van der Waals surface area contributed by atoms with Crippen LogP contribution in [0.25, 0.3) is 156 Å². The highest BCUT2D eigenvalue weighted by atomic mass is 32.1. The van der Waals surface area contributed by atoms with E-state index in [1.165, 1.54) is 0 Å². The molecule has 4 aromatic heterocycles. The van der Waals surface area contributed by atoms with Gasteiger partial charge in [0.15, 0.2) is 0 Å². The minimum atomic E-state index is -0.449. The third kappa shape index (κ3) is 6.71. The van der Waals surface area contributed by atoms with E-state index in [1.54, 1.807) is 22.7 Å². The Labute approximate surface area is 475 Å². The van der Waals surface area contributed by atoms with E-state index in [2.05, 4.69) is 166 Å². The quantitative estimate of drug-likeness (QED) is 0.147. The van der Waals surface area contributed by atoms with Gasteiger partial charge in [0.1, 0.15) is 6.07 Å². The van der Waals surface area contributed by atoms with E-state index in [-0.39, 0.29) is 17.6 Å². The van der Waals surface area contributed by atoms with Crippen molar-refractivity contribution in [2.24, 2.45) is 0 Å². The molecule has 6 heteroatoms. The van der Waals surface area contributed by atoms with Gasteiger partial charge in [-0.25, -0.2) is 4.85 Å². The van der Waals surface area contributed by atoms with Gasteiger partial charge in [-0.1, -0.05) is 224 Å². The Morgan fingerprint density at radius 2 is 0.950 bits per heavy atom. The lowest BCUT2D eigenvalue weighted by atomic mass is 9.88.